The minimum Gasteiger partial charge on any atom is -0.394 e. The molecule has 0 aromatic heterocycles. The molecule has 2 atom stereocenters. The lowest BCUT2D eigenvalue weighted by Gasteiger charge is -2.26. The van der Waals surface area contributed by atoms with Gasteiger partial charge in [0.15, 0.2) is 0 Å². The van der Waals surface area contributed by atoms with Gasteiger partial charge in [-0.1, -0.05) is 6.42 Å². The van der Waals surface area contributed by atoms with Crippen LogP contribution in [0.1, 0.15) is 19.3 Å². The molecule has 1 rings (SSSR count). The summed E-state index contributed by atoms with van der Waals surface area (Å²) in [5.74, 6) is -0.730. The van der Waals surface area contributed by atoms with Gasteiger partial charge in [-0.2, -0.15) is 0 Å². The van der Waals surface area contributed by atoms with Gasteiger partial charge < -0.3 is 16.6 Å². The fourth-order valence-corrected chi connectivity index (χ4v) is 1.71. The highest BCUT2D eigenvalue weighted by Gasteiger charge is 2.42. The standard InChI is InChI=1S/C7H14N2O2/c8-6(11)5-2-1-3-7(5,9)4-10/h5,10H,1-4,9H2,(H2,8,11)/t5?,7-/m1/s1. The highest BCUT2D eigenvalue weighted by molar-refractivity contribution is 5.78. The summed E-state index contributed by atoms with van der Waals surface area (Å²) in [6.07, 6.45) is 2.29. The van der Waals surface area contributed by atoms with E-state index in [1.165, 1.54) is 0 Å². The molecule has 0 radical (unpaired) electrons. The van der Waals surface area contributed by atoms with Gasteiger partial charge in [-0.25, -0.2) is 0 Å². The molecule has 11 heavy (non-hydrogen) atoms. The average molecular weight is 158 g/mol. The first-order valence-electron chi connectivity index (χ1n) is 3.79. The van der Waals surface area contributed by atoms with Gasteiger partial charge in [-0.05, 0) is 12.8 Å². The van der Waals surface area contributed by atoms with Gasteiger partial charge in [0, 0.05) is 0 Å². The predicted molar refractivity (Wildman–Crippen MR) is 40.5 cm³/mol. The minimum absolute atomic E-state index is 0.152. The third-order valence-corrected chi connectivity index (χ3v) is 2.47. The number of aliphatic hydroxyl groups is 1. The first-order chi connectivity index (χ1) is 5.10. The van der Waals surface area contributed by atoms with Crippen LogP contribution < -0.4 is 11.5 Å². The van der Waals surface area contributed by atoms with E-state index in [0.717, 1.165) is 6.42 Å². The number of carbonyl (C=O) groups is 1. The Labute approximate surface area is 65.6 Å². The first-order valence-corrected chi connectivity index (χ1v) is 3.79. The Bertz CT molecular complexity index is 172. The van der Waals surface area contributed by atoms with E-state index in [-0.39, 0.29) is 18.4 Å². The fourth-order valence-electron chi connectivity index (χ4n) is 1.71. The van der Waals surface area contributed by atoms with Crippen LogP contribution in [0.5, 0.6) is 0 Å². The molecule has 1 saturated carbocycles. The predicted octanol–water partition coefficient (Wildman–Crippen LogP) is -1.04. The van der Waals surface area contributed by atoms with E-state index in [4.69, 9.17) is 16.6 Å². The number of amides is 1. The number of nitrogens with two attached hydrogens (primary N) is 2. The van der Waals surface area contributed by atoms with Crippen LogP contribution in [-0.4, -0.2) is 23.2 Å². The lowest BCUT2D eigenvalue weighted by molar-refractivity contribution is -0.123. The highest BCUT2D eigenvalue weighted by Crippen LogP contribution is 2.32. The van der Waals surface area contributed by atoms with Gasteiger partial charge >= 0.3 is 0 Å². The number of hydrogen-bond donors (Lipinski definition) is 3. The van der Waals surface area contributed by atoms with E-state index in [1.54, 1.807) is 0 Å². The van der Waals surface area contributed by atoms with Gasteiger partial charge in [-0.15, -0.1) is 0 Å². The summed E-state index contributed by atoms with van der Waals surface area (Å²) >= 11 is 0. The van der Waals surface area contributed by atoms with Gasteiger partial charge in [0.1, 0.15) is 0 Å². The molecule has 4 nitrogen and oxygen atoms in total. The van der Waals surface area contributed by atoms with Crippen LogP contribution >= 0.6 is 0 Å². The number of rotatable bonds is 2. The number of carbonyl (C=O) groups excluding carboxylic acids is 1. The Morgan fingerprint density at radius 2 is 2.36 bits per heavy atom. The Morgan fingerprint density at radius 1 is 1.73 bits per heavy atom. The van der Waals surface area contributed by atoms with Crippen LogP contribution in [0.2, 0.25) is 0 Å². The molecule has 0 aliphatic heterocycles. The molecule has 5 N–H and O–H groups in total. The van der Waals surface area contributed by atoms with Crippen molar-refractivity contribution in [3.05, 3.63) is 0 Å². The summed E-state index contributed by atoms with van der Waals surface area (Å²) in [4.78, 5) is 10.8. The van der Waals surface area contributed by atoms with E-state index >= 15 is 0 Å². The Kier molecular flexibility index (Phi) is 2.15. The van der Waals surface area contributed by atoms with Crippen LogP contribution in [0, 0.1) is 5.92 Å². The molecule has 1 aliphatic carbocycles. The third kappa shape index (κ3) is 1.36. The maximum atomic E-state index is 10.8. The van der Waals surface area contributed by atoms with E-state index < -0.39 is 5.54 Å². The van der Waals surface area contributed by atoms with Crippen molar-refractivity contribution in [1.82, 2.24) is 0 Å². The lowest BCUT2D eigenvalue weighted by Crippen LogP contribution is -2.51. The number of primary amides is 1. The second-order valence-corrected chi connectivity index (χ2v) is 3.24. The normalized spacial score (nSPS) is 37.5. The molecule has 1 fully saturated rings. The molecule has 0 bridgehead atoms. The largest absolute Gasteiger partial charge is 0.394 e. The van der Waals surface area contributed by atoms with Crippen molar-refractivity contribution in [1.29, 1.82) is 0 Å². The van der Waals surface area contributed by atoms with Crippen LogP contribution in [0.25, 0.3) is 0 Å². The van der Waals surface area contributed by atoms with E-state index in [1.807, 2.05) is 0 Å². The second kappa shape index (κ2) is 2.79. The van der Waals surface area contributed by atoms with Crippen LogP contribution in [0.3, 0.4) is 0 Å². The zero-order chi connectivity index (χ0) is 8.48. The molecule has 0 aromatic rings. The van der Waals surface area contributed by atoms with E-state index in [0.29, 0.717) is 12.8 Å². The molecule has 0 saturated heterocycles. The van der Waals surface area contributed by atoms with Gasteiger partial charge in [0.05, 0.1) is 18.1 Å². The van der Waals surface area contributed by atoms with Crippen molar-refractivity contribution in [2.45, 2.75) is 24.8 Å². The van der Waals surface area contributed by atoms with E-state index in [9.17, 15) is 4.79 Å². The van der Waals surface area contributed by atoms with Crippen LogP contribution in [0.4, 0.5) is 0 Å². The second-order valence-electron chi connectivity index (χ2n) is 3.24. The smallest absolute Gasteiger partial charge is 0.222 e. The molecule has 0 aromatic carbocycles. The van der Waals surface area contributed by atoms with E-state index in [2.05, 4.69) is 0 Å². The SMILES string of the molecule is NC(=O)C1CCC[C@@]1(N)CO. The highest BCUT2D eigenvalue weighted by atomic mass is 16.3. The average Bonchev–Trinajstić information content (AvgIpc) is 2.32. The molecule has 1 unspecified atom stereocenters. The monoisotopic (exact) mass is 158 g/mol. The van der Waals surface area contributed by atoms with Crippen molar-refractivity contribution in [3.63, 3.8) is 0 Å². The van der Waals surface area contributed by atoms with Gasteiger partial charge in [-0.3, -0.25) is 4.79 Å². The number of aliphatic hydroxyl groups excluding tert-OH is 1. The molecular weight excluding hydrogens is 144 g/mol. The summed E-state index contributed by atoms with van der Waals surface area (Å²) < 4.78 is 0. The third-order valence-electron chi connectivity index (χ3n) is 2.47. The Balaban J connectivity index is 2.72. The van der Waals surface area contributed by atoms with Crippen LogP contribution in [-0.2, 0) is 4.79 Å². The summed E-state index contributed by atoms with van der Waals surface area (Å²) in [6, 6.07) is 0. The maximum Gasteiger partial charge on any atom is 0.222 e. The Morgan fingerprint density at radius 3 is 2.73 bits per heavy atom. The lowest BCUT2D eigenvalue weighted by atomic mass is 9.88. The molecule has 1 aliphatic rings. The molecular formula is C7H14N2O2. The topological polar surface area (TPSA) is 89.3 Å². The van der Waals surface area contributed by atoms with Crippen molar-refractivity contribution < 1.29 is 9.90 Å². The van der Waals surface area contributed by atoms with Gasteiger partial charge in [0.2, 0.25) is 5.91 Å². The van der Waals surface area contributed by atoms with Gasteiger partial charge in [0.25, 0.3) is 0 Å². The van der Waals surface area contributed by atoms with Crippen molar-refractivity contribution in [3.8, 4) is 0 Å². The zero-order valence-electron chi connectivity index (χ0n) is 6.42. The minimum atomic E-state index is -0.744. The molecule has 1 amide bonds. The summed E-state index contributed by atoms with van der Waals surface area (Å²) in [5, 5.41) is 8.91. The summed E-state index contributed by atoms with van der Waals surface area (Å²) in [6.45, 7) is -0.152. The number of hydrogen-bond acceptors (Lipinski definition) is 3. The fraction of sp³-hybridized carbons (Fsp3) is 0.857. The first kappa shape index (κ1) is 8.49. The molecule has 64 valence electrons. The van der Waals surface area contributed by atoms with Crippen LogP contribution in [0.15, 0.2) is 0 Å². The maximum absolute atomic E-state index is 10.8. The quantitative estimate of drug-likeness (QED) is 0.479. The van der Waals surface area contributed by atoms with Crippen molar-refractivity contribution >= 4 is 5.91 Å². The molecule has 0 heterocycles. The summed E-state index contributed by atoms with van der Waals surface area (Å²) in [7, 11) is 0. The molecule has 4 heteroatoms. The molecule has 0 spiro atoms. The van der Waals surface area contributed by atoms with Crippen molar-refractivity contribution in [2.75, 3.05) is 6.61 Å². The Hall–Kier alpha value is -0.610. The summed E-state index contributed by atoms with van der Waals surface area (Å²) in [5.41, 5.74) is 10.1. The zero-order valence-corrected chi connectivity index (χ0v) is 6.42. The van der Waals surface area contributed by atoms with Crippen molar-refractivity contribution in [2.24, 2.45) is 17.4 Å².